The maximum absolute atomic E-state index is 12.8. The normalized spacial score (nSPS) is 25.0. The van der Waals surface area contributed by atoms with Crippen LogP contribution in [-0.4, -0.2) is 28.6 Å². The molecule has 3 fully saturated rings. The first kappa shape index (κ1) is 18.4. The summed E-state index contributed by atoms with van der Waals surface area (Å²) in [7, 11) is 0. The summed E-state index contributed by atoms with van der Waals surface area (Å²) < 4.78 is 0. The molecule has 2 N–H and O–H groups in total. The number of carbonyl (C=O) groups is 2. The molecule has 5 rings (SSSR count). The molecule has 3 atom stereocenters. The molecule has 2 saturated carbocycles. The Morgan fingerprint density at radius 1 is 1.17 bits per heavy atom. The van der Waals surface area contributed by atoms with E-state index in [2.05, 4.69) is 15.5 Å². The molecular weight excluding hydrogens is 364 g/mol. The van der Waals surface area contributed by atoms with Crippen molar-refractivity contribution in [1.82, 2.24) is 10.2 Å². The Hall–Kier alpha value is -2.63. The van der Waals surface area contributed by atoms with Crippen LogP contribution in [0, 0.1) is 11.8 Å². The van der Waals surface area contributed by atoms with Gasteiger partial charge in [-0.05, 0) is 56.2 Å². The van der Waals surface area contributed by atoms with Crippen LogP contribution in [-0.2, 0) is 9.59 Å². The number of H-pyrrole nitrogens is 1. The average Bonchev–Trinajstić information content (AvgIpc) is 3.41. The van der Waals surface area contributed by atoms with E-state index >= 15 is 0 Å². The monoisotopic (exact) mass is 392 g/mol. The zero-order chi connectivity index (χ0) is 20.0. The Morgan fingerprint density at radius 2 is 1.93 bits per heavy atom. The topological polar surface area (TPSA) is 78.1 Å². The van der Waals surface area contributed by atoms with Crippen molar-refractivity contribution >= 4 is 23.3 Å². The van der Waals surface area contributed by atoms with Crippen LogP contribution in [0.2, 0.25) is 0 Å². The highest BCUT2D eigenvalue weighted by molar-refractivity contribution is 5.98. The van der Waals surface area contributed by atoms with E-state index in [1.165, 1.54) is 25.7 Å². The fourth-order valence-electron chi connectivity index (χ4n) is 4.84. The average molecular weight is 393 g/mol. The molecule has 1 aromatic heterocycles. The Bertz CT molecular complexity index is 915. The standard InChI is InChI=1S/C23H28N4O2/c1-14(22(28)24-21-12-20(25-26-21)16-6-7-16)15-8-10-18(11-9-15)27-13-17-4-2-3-5-19(17)23(27)29/h8-12,14,16-17,19H,2-7,13H2,1H3,(H2,24,25,26,28). The number of rotatable bonds is 5. The Kier molecular flexibility index (Phi) is 4.64. The summed E-state index contributed by atoms with van der Waals surface area (Å²) in [4.78, 5) is 27.4. The van der Waals surface area contributed by atoms with Gasteiger partial charge in [-0.2, -0.15) is 5.10 Å². The van der Waals surface area contributed by atoms with Gasteiger partial charge in [0, 0.05) is 35.8 Å². The summed E-state index contributed by atoms with van der Waals surface area (Å²) in [5.41, 5.74) is 2.99. The van der Waals surface area contributed by atoms with Gasteiger partial charge in [-0.25, -0.2) is 0 Å². The van der Waals surface area contributed by atoms with Crippen molar-refractivity contribution in [1.29, 1.82) is 0 Å². The van der Waals surface area contributed by atoms with Crippen LogP contribution in [0.3, 0.4) is 0 Å². The third-order valence-corrected chi connectivity index (χ3v) is 6.87. The molecule has 6 nitrogen and oxygen atoms in total. The summed E-state index contributed by atoms with van der Waals surface area (Å²) in [6.07, 6.45) is 7.00. The molecule has 0 spiro atoms. The fourth-order valence-corrected chi connectivity index (χ4v) is 4.84. The van der Waals surface area contributed by atoms with Crippen LogP contribution in [0.4, 0.5) is 11.5 Å². The SMILES string of the molecule is CC(C(=O)Nc1cc(C2CC2)[nH]n1)c1ccc(N2CC3CCCCC3C2=O)cc1. The predicted molar refractivity (Wildman–Crippen MR) is 112 cm³/mol. The second-order valence-electron chi connectivity index (χ2n) is 8.89. The van der Waals surface area contributed by atoms with Crippen molar-refractivity contribution in [2.45, 2.75) is 57.3 Å². The first-order valence-corrected chi connectivity index (χ1v) is 10.9. The molecule has 6 heteroatoms. The molecule has 29 heavy (non-hydrogen) atoms. The van der Waals surface area contributed by atoms with E-state index in [1.807, 2.05) is 42.2 Å². The third-order valence-electron chi connectivity index (χ3n) is 6.87. The highest BCUT2D eigenvalue weighted by Crippen LogP contribution is 2.40. The van der Waals surface area contributed by atoms with Crippen molar-refractivity contribution in [2.24, 2.45) is 11.8 Å². The number of fused-ring (bicyclic) bond motifs is 1. The Balaban J connectivity index is 1.24. The zero-order valence-electron chi connectivity index (χ0n) is 16.9. The molecule has 152 valence electrons. The number of benzene rings is 1. The van der Waals surface area contributed by atoms with Crippen LogP contribution in [0.15, 0.2) is 30.3 Å². The number of aromatic amines is 1. The number of anilines is 2. The van der Waals surface area contributed by atoms with Crippen molar-refractivity contribution in [3.8, 4) is 0 Å². The van der Waals surface area contributed by atoms with Gasteiger partial charge in [0.2, 0.25) is 11.8 Å². The molecule has 1 aromatic carbocycles. The third kappa shape index (κ3) is 3.56. The van der Waals surface area contributed by atoms with Gasteiger partial charge < -0.3 is 10.2 Å². The number of amides is 2. The minimum Gasteiger partial charge on any atom is -0.312 e. The lowest BCUT2D eigenvalue weighted by molar-refractivity contribution is -0.121. The van der Waals surface area contributed by atoms with E-state index in [1.54, 1.807) is 0 Å². The van der Waals surface area contributed by atoms with Gasteiger partial charge in [-0.15, -0.1) is 0 Å². The second-order valence-corrected chi connectivity index (χ2v) is 8.89. The highest BCUT2D eigenvalue weighted by Gasteiger charge is 2.41. The highest BCUT2D eigenvalue weighted by atomic mass is 16.2. The Morgan fingerprint density at radius 3 is 2.66 bits per heavy atom. The van der Waals surface area contributed by atoms with Gasteiger partial charge >= 0.3 is 0 Å². The molecule has 0 bridgehead atoms. The zero-order valence-corrected chi connectivity index (χ0v) is 16.9. The lowest BCUT2D eigenvalue weighted by atomic mass is 9.81. The second kappa shape index (κ2) is 7.32. The molecule has 2 heterocycles. The van der Waals surface area contributed by atoms with Gasteiger partial charge in [0.1, 0.15) is 0 Å². The molecule has 3 aliphatic rings. The smallest absolute Gasteiger partial charge is 0.232 e. The lowest BCUT2D eigenvalue weighted by Gasteiger charge is -2.21. The van der Waals surface area contributed by atoms with E-state index in [9.17, 15) is 9.59 Å². The van der Waals surface area contributed by atoms with E-state index in [4.69, 9.17) is 0 Å². The van der Waals surface area contributed by atoms with Gasteiger partial charge in [0.25, 0.3) is 0 Å². The summed E-state index contributed by atoms with van der Waals surface area (Å²) in [5, 5.41) is 10.1. The van der Waals surface area contributed by atoms with Crippen molar-refractivity contribution in [3.63, 3.8) is 0 Å². The lowest BCUT2D eigenvalue weighted by Crippen LogP contribution is -2.27. The van der Waals surface area contributed by atoms with Gasteiger partial charge in [0.05, 0.1) is 5.92 Å². The van der Waals surface area contributed by atoms with Gasteiger partial charge in [-0.3, -0.25) is 14.7 Å². The minimum absolute atomic E-state index is 0.0742. The summed E-state index contributed by atoms with van der Waals surface area (Å²) >= 11 is 0. The van der Waals surface area contributed by atoms with Crippen molar-refractivity contribution < 1.29 is 9.59 Å². The molecule has 2 aromatic rings. The maximum atomic E-state index is 12.8. The van der Waals surface area contributed by atoms with Gasteiger partial charge in [-0.1, -0.05) is 25.0 Å². The largest absolute Gasteiger partial charge is 0.312 e. The number of nitrogens with one attached hydrogen (secondary N) is 2. The molecule has 2 amide bonds. The van der Waals surface area contributed by atoms with Crippen molar-refractivity contribution in [3.05, 3.63) is 41.6 Å². The van der Waals surface area contributed by atoms with E-state index in [0.29, 0.717) is 17.7 Å². The van der Waals surface area contributed by atoms with Crippen molar-refractivity contribution in [2.75, 3.05) is 16.8 Å². The first-order chi connectivity index (χ1) is 14.1. The molecule has 0 radical (unpaired) electrons. The number of hydrogen-bond donors (Lipinski definition) is 2. The molecule has 1 saturated heterocycles. The van der Waals surface area contributed by atoms with E-state index in [-0.39, 0.29) is 23.7 Å². The number of aromatic nitrogens is 2. The van der Waals surface area contributed by atoms with Crippen LogP contribution < -0.4 is 10.2 Å². The Labute approximate surface area is 171 Å². The first-order valence-electron chi connectivity index (χ1n) is 10.9. The van der Waals surface area contributed by atoms with Crippen LogP contribution in [0.25, 0.3) is 0 Å². The molecular formula is C23H28N4O2. The molecule has 2 aliphatic carbocycles. The van der Waals surface area contributed by atoms with E-state index in [0.717, 1.165) is 36.3 Å². The van der Waals surface area contributed by atoms with Gasteiger partial charge in [0.15, 0.2) is 5.82 Å². The summed E-state index contributed by atoms with van der Waals surface area (Å²) in [6.45, 7) is 2.73. The quantitative estimate of drug-likeness (QED) is 0.801. The number of nitrogens with zero attached hydrogens (tertiary/aromatic N) is 2. The summed E-state index contributed by atoms with van der Waals surface area (Å²) in [6, 6.07) is 9.83. The van der Waals surface area contributed by atoms with E-state index < -0.39 is 0 Å². The fraction of sp³-hybridized carbons (Fsp3) is 0.522. The molecule has 3 unspecified atom stereocenters. The number of hydrogen-bond acceptors (Lipinski definition) is 3. The predicted octanol–water partition coefficient (Wildman–Crippen LogP) is 4.18. The van der Waals surface area contributed by atoms with Crippen LogP contribution in [0.1, 0.15) is 68.5 Å². The minimum atomic E-state index is -0.290. The molecule has 1 aliphatic heterocycles. The van der Waals surface area contributed by atoms with Crippen LogP contribution >= 0.6 is 0 Å². The van der Waals surface area contributed by atoms with Crippen LogP contribution in [0.5, 0.6) is 0 Å². The maximum Gasteiger partial charge on any atom is 0.232 e. The summed E-state index contributed by atoms with van der Waals surface area (Å²) in [5.74, 6) is 1.80. The number of carbonyl (C=O) groups excluding carboxylic acids is 2.